The van der Waals surface area contributed by atoms with E-state index < -0.39 is 0 Å². The van der Waals surface area contributed by atoms with E-state index in [1.165, 1.54) is 16.8 Å². The lowest BCUT2D eigenvalue weighted by atomic mass is 9.91. The maximum absolute atomic E-state index is 4.90. The number of fused-ring (bicyclic) bond motifs is 3. The highest BCUT2D eigenvalue weighted by atomic mass is 15.4. The third-order valence-electron chi connectivity index (χ3n) is 5.56. The van der Waals surface area contributed by atoms with Crippen molar-refractivity contribution in [2.75, 3.05) is 18.5 Å². The lowest BCUT2D eigenvalue weighted by molar-refractivity contribution is 0.571. The van der Waals surface area contributed by atoms with E-state index in [-0.39, 0.29) is 5.92 Å². The van der Waals surface area contributed by atoms with E-state index in [0.29, 0.717) is 0 Å². The number of anilines is 1. The number of aromatic amines is 1. The predicted octanol–water partition coefficient (Wildman–Crippen LogP) is 1.91. The van der Waals surface area contributed by atoms with Crippen LogP contribution in [0.4, 0.5) is 11.4 Å². The van der Waals surface area contributed by atoms with Crippen molar-refractivity contribution in [2.45, 2.75) is 13.0 Å². The van der Waals surface area contributed by atoms with Gasteiger partial charge in [0.05, 0.1) is 24.1 Å². The first kappa shape index (κ1) is 15.6. The Balaban J connectivity index is 1.33. The number of nitrogens with zero attached hydrogens (tertiary/aromatic N) is 4. The molecule has 0 bridgehead atoms. The number of H-pyrrole nitrogens is 1. The molecular formula is C20H20N8. The quantitative estimate of drug-likeness (QED) is 0.646. The van der Waals surface area contributed by atoms with Crippen LogP contribution in [0.15, 0.2) is 52.4 Å². The van der Waals surface area contributed by atoms with Gasteiger partial charge >= 0.3 is 0 Å². The molecule has 0 fully saturated rings. The van der Waals surface area contributed by atoms with Gasteiger partial charge in [0.15, 0.2) is 11.7 Å². The largest absolute Gasteiger partial charge is 0.339 e. The molecule has 2 aromatic rings. The monoisotopic (exact) mass is 372 g/mol. The summed E-state index contributed by atoms with van der Waals surface area (Å²) >= 11 is 0. The van der Waals surface area contributed by atoms with Gasteiger partial charge in [0.25, 0.3) is 0 Å². The van der Waals surface area contributed by atoms with Crippen LogP contribution in [0.3, 0.4) is 0 Å². The van der Waals surface area contributed by atoms with Gasteiger partial charge in [-0.3, -0.25) is 10.1 Å². The van der Waals surface area contributed by atoms with E-state index in [4.69, 9.17) is 4.99 Å². The molecular weight excluding hydrogens is 352 g/mol. The van der Waals surface area contributed by atoms with Crippen LogP contribution in [0.2, 0.25) is 0 Å². The summed E-state index contributed by atoms with van der Waals surface area (Å²) in [5, 5.41) is 10.8. The molecule has 0 spiro atoms. The highest BCUT2D eigenvalue weighted by Gasteiger charge is 2.30. The van der Waals surface area contributed by atoms with Crippen LogP contribution in [0.1, 0.15) is 16.8 Å². The van der Waals surface area contributed by atoms with Crippen molar-refractivity contribution in [3.8, 4) is 0 Å². The van der Waals surface area contributed by atoms with Gasteiger partial charge in [-0.05, 0) is 17.7 Å². The Labute approximate surface area is 162 Å². The summed E-state index contributed by atoms with van der Waals surface area (Å²) in [5.74, 6) is 1.98. The molecule has 0 amide bonds. The third-order valence-corrected chi connectivity index (χ3v) is 5.56. The van der Waals surface area contributed by atoms with Crippen LogP contribution in [0.25, 0.3) is 6.08 Å². The minimum Gasteiger partial charge on any atom is -0.339 e. The lowest BCUT2D eigenvalue weighted by Crippen LogP contribution is -2.45. The number of rotatable bonds is 2. The number of hydrogen-bond donors (Lipinski definition) is 4. The molecule has 0 saturated carbocycles. The number of hydrogen-bond acceptors (Lipinski definition) is 6. The third kappa shape index (κ3) is 2.53. The van der Waals surface area contributed by atoms with Gasteiger partial charge < -0.3 is 15.6 Å². The SMILES string of the molecule is C1=CC(C2=CN3CCN=C3C(=Nc3ccc4c(c3)NNC4)N2)Cc2[nH]ncc21. The van der Waals surface area contributed by atoms with E-state index in [2.05, 4.69) is 72.8 Å². The molecule has 4 N–H and O–H groups in total. The zero-order valence-corrected chi connectivity index (χ0v) is 15.2. The summed E-state index contributed by atoms with van der Waals surface area (Å²) in [4.78, 5) is 11.8. The van der Waals surface area contributed by atoms with Crippen LogP contribution in [0.5, 0.6) is 0 Å². The van der Waals surface area contributed by atoms with Crippen molar-refractivity contribution < 1.29 is 0 Å². The molecule has 1 aliphatic carbocycles. The maximum atomic E-state index is 4.90. The molecule has 8 nitrogen and oxygen atoms in total. The Kier molecular flexibility index (Phi) is 3.39. The van der Waals surface area contributed by atoms with Crippen LogP contribution < -0.4 is 16.2 Å². The molecule has 4 heterocycles. The second-order valence-electron chi connectivity index (χ2n) is 7.36. The van der Waals surface area contributed by atoms with Crippen LogP contribution in [0, 0.1) is 5.92 Å². The summed E-state index contributed by atoms with van der Waals surface area (Å²) in [7, 11) is 0. The number of amidine groups is 2. The number of allylic oxidation sites excluding steroid dienone is 1. The second kappa shape index (κ2) is 6.07. The smallest absolute Gasteiger partial charge is 0.174 e. The normalized spacial score (nSPS) is 23.5. The fraction of sp³-hybridized carbons (Fsp3) is 0.250. The summed E-state index contributed by atoms with van der Waals surface area (Å²) in [6.45, 7) is 2.52. The van der Waals surface area contributed by atoms with Crippen molar-refractivity contribution in [1.82, 2.24) is 25.8 Å². The highest BCUT2D eigenvalue weighted by molar-refractivity contribution is 6.42. The molecule has 4 aliphatic rings. The molecule has 3 aliphatic heterocycles. The van der Waals surface area contributed by atoms with Crippen LogP contribution in [-0.4, -0.2) is 39.9 Å². The molecule has 0 radical (unpaired) electrons. The minimum atomic E-state index is 0.256. The number of hydrazine groups is 1. The number of aliphatic imine (C=N–C) groups is 2. The Morgan fingerprint density at radius 2 is 2.25 bits per heavy atom. The first-order chi connectivity index (χ1) is 13.8. The van der Waals surface area contributed by atoms with Gasteiger partial charge in [-0.25, -0.2) is 10.4 Å². The molecule has 6 rings (SSSR count). The minimum absolute atomic E-state index is 0.256. The molecule has 1 atom stereocenters. The molecule has 1 unspecified atom stereocenters. The van der Waals surface area contributed by atoms with E-state index >= 15 is 0 Å². The average Bonchev–Trinajstić information content (AvgIpc) is 3.46. The fourth-order valence-corrected chi connectivity index (χ4v) is 4.08. The molecule has 8 heteroatoms. The van der Waals surface area contributed by atoms with E-state index in [1.54, 1.807) is 0 Å². The number of aromatic nitrogens is 2. The highest BCUT2D eigenvalue weighted by Crippen LogP contribution is 2.29. The van der Waals surface area contributed by atoms with Crippen molar-refractivity contribution in [3.05, 3.63) is 59.2 Å². The number of benzene rings is 1. The summed E-state index contributed by atoms with van der Waals surface area (Å²) in [6.07, 6.45) is 9.32. The van der Waals surface area contributed by atoms with E-state index in [1.807, 2.05) is 6.20 Å². The van der Waals surface area contributed by atoms with Gasteiger partial charge in [0.1, 0.15) is 0 Å². The maximum Gasteiger partial charge on any atom is 0.174 e. The van der Waals surface area contributed by atoms with Gasteiger partial charge in [0, 0.05) is 48.6 Å². The van der Waals surface area contributed by atoms with Crippen molar-refractivity contribution in [2.24, 2.45) is 15.9 Å². The van der Waals surface area contributed by atoms with Crippen LogP contribution in [-0.2, 0) is 13.0 Å². The molecule has 0 saturated heterocycles. The predicted molar refractivity (Wildman–Crippen MR) is 109 cm³/mol. The standard InChI is InChI=1S/C20H20N8/c1-2-13-9-22-26-16(13)7-12(1)18-11-28-6-5-21-20(28)19(25-18)24-15-4-3-14-10-23-27-17(14)8-15/h1-4,8-9,11-12,23,27H,5-7,10H2,(H,22,26)(H,24,25). The van der Waals surface area contributed by atoms with Gasteiger partial charge in [0.2, 0.25) is 0 Å². The average molecular weight is 372 g/mol. The van der Waals surface area contributed by atoms with Crippen molar-refractivity contribution in [3.63, 3.8) is 0 Å². The second-order valence-corrected chi connectivity index (χ2v) is 7.36. The first-order valence-corrected chi connectivity index (χ1v) is 9.55. The fourth-order valence-electron chi connectivity index (χ4n) is 4.08. The van der Waals surface area contributed by atoms with Crippen LogP contribution >= 0.6 is 0 Å². The zero-order chi connectivity index (χ0) is 18.5. The van der Waals surface area contributed by atoms with Crippen molar-refractivity contribution in [1.29, 1.82) is 0 Å². The molecule has 28 heavy (non-hydrogen) atoms. The number of nitrogens with one attached hydrogen (secondary N) is 4. The Morgan fingerprint density at radius 1 is 1.25 bits per heavy atom. The Hall–Kier alpha value is -3.39. The topological polar surface area (TPSA) is 92.7 Å². The van der Waals surface area contributed by atoms with E-state index in [9.17, 15) is 0 Å². The molecule has 1 aromatic heterocycles. The van der Waals surface area contributed by atoms with Gasteiger partial charge in [-0.2, -0.15) is 5.10 Å². The van der Waals surface area contributed by atoms with E-state index in [0.717, 1.165) is 54.8 Å². The summed E-state index contributed by atoms with van der Waals surface area (Å²) < 4.78 is 0. The molecule has 140 valence electrons. The summed E-state index contributed by atoms with van der Waals surface area (Å²) in [6, 6.07) is 6.23. The molecule has 1 aromatic carbocycles. The lowest BCUT2D eigenvalue weighted by Gasteiger charge is -2.30. The van der Waals surface area contributed by atoms with Crippen molar-refractivity contribution >= 4 is 29.1 Å². The van der Waals surface area contributed by atoms with Gasteiger partial charge in [-0.1, -0.05) is 18.2 Å². The zero-order valence-electron chi connectivity index (χ0n) is 15.2. The Bertz CT molecular complexity index is 1070. The first-order valence-electron chi connectivity index (χ1n) is 9.55. The Morgan fingerprint density at radius 3 is 3.25 bits per heavy atom. The summed E-state index contributed by atoms with van der Waals surface area (Å²) in [5.41, 5.74) is 13.0. The van der Waals surface area contributed by atoms with Gasteiger partial charge in [-0.15, -0.1) is 0 Å².